The van der Waals surface area contributed by atoms with E-state index in [2.05, 4.69) is 12.8 Å². The molecule has 3 heteroatoms. The van der Waals surface area contributed by atoms with Crippen molar-refractivity contribution in [2.24, 2.45) is 0 Å². The highest BCUT2D eigenvalue weighted by molar-refractivity contribution is 5.50. The molecule has 0 atom stereocenters. The molecule has 0 N–H and O–H groups in total. The van der Waals surface area contributed by atoms with E-state index in [0.717, 1.165) is 6.07 Å². The van der Waals surface area contributed by atoms with Gasteiger partial charge in [0.25, 0.3) is 6.08 Å². The lowest BCUT2D eigenvalue weighted by Crippen LogP contribution is -1.79. The van der Waals surface area contributed by atoms with Gasteiger partial charge in [0.15, 0.2) is 0 Å². The largest absolute Gasteiger partial charge is 0.271 e. The standard InChI is InChI=1S/C8H5F3.C2H2/c9-7-4-2-1-3-6(7)5-8(10)11;1-2/h1-5H;1-2H. The highest BCUT2D eigenvalue weighted by Crippen LogP contribution is 2.12. The Hall–Kier alpha value is -1.69. The first-order valence-electron chi connectivity index (χ1n) is 3.30. The molecular formula is C10H7F3. The molecule has 1 aromatic rings. The van der Waals surface area contributed by atoms with Gasteiger partial charge in [0.05, 0.1) is 0 Å². The fourth-order valence-electron chi connectivity index (χ4n) is 0.710. The molecule has 0 aliphatic carbocycles. The van der Waals surface area contributed by atoms with Crippen molar-refractivity contribution in [3.8, 4) is 12.8 Å². The van der Waals surface area contributed by atoms with Crippen LogP contribution in [0.3, 0.4) is 0 Å². The lowest BCUT2D eigenvalue weighted by molar-refractivity contribution is 0.429. The number of hydrogen-bond donors (Lipinski definition) is 0. The van der Waals surface area contributed by atoms with Crippen LogP contribution >= 0.6 is 0 Å². The van der Waals surface area contributed by atoms with Crippen LogP contribution in [0.4, 0.5) is 13.2 Å². The molecule has 0 spiro atoms. The van der Waals surface area contributed by atoms with Crippen LogP contribution in [-0.2, 0) is 0 Å². The SMILES string of the molecule is C#C.FC(F)=Cc1ccccc1F. The summed E-state index contributed by atoms with van der Waals surface area (Å²) in [4.78, 5) is 0. The first-order valence-corrected chi connectivity index (χ1v) is 3.30. The minimum atomic E-state index is -1.89. The summed E-state index contributed by atoms with van der Waals surface area (Å²) in [6.45, 7) is 0. The molecule has 1 rings (SSSR count). The third kappa shape index (κ3) is 4.02. The van der Waals surface area contributed by atoms with Crippen LogP contribution in [0, 0.1) is 18.7 Å². The maximum absolute atomic E-state index is 12.6. The summed E-state index contributed by atoms with van der Waals surface area (Å²) in [7, 11) is 0. The molecule has 0 nitrogen and oxygen atoms in total. The zero-order chi connectivity index (χ0) is 10.3. The zero-order valence-electron chi connectivity index (χ0n) is 6.68. The predicted octanol–water partition coefficient (Wildman–Crippen LogP) is 3.31. The molecule has 0 aliphatic heterocycles. The van der Waals surface area contributed by atoms with Gasteiger partial charge in [0.2, 0.25) is 0 Å². The lowest BCUT2D eigenvalue weighted by Gasteiger charge is -1.92. The third-order valence-electron chi connectivity index (χ3n) is 1.17. The number of terminal acetylenes is 1. The Morgan fingerprint density at radius 1 is 1.15 bits per heavy atom. The Kier molecular flexibility index (Phi) is 5.13. The van der Waals surface area contributed by atoms with Crippen molar-refractivity contribution in [2.75, 3.05) is 0 Å². The van der Waals surface area contributed by atoms with Crippen LogP contribution in [0.1, 0.15) is 5.56 Å². The van der Waals surface area contributed by atoms with Crippen molar-refractivity contribution < 1.29 is 13.2 Å². The first kappa shape index (κ1) is 11.3. The molecule has 1 aromatic carbocycles. The Morgan fingerprint density at radius 2 is 1.69 bits per heavy atom. The molecule has 0 bridgehead atoms. The molecule has 68 valence electrons. The minimum Gasteiger partial charge on any atom is -0.206 e. The van der Waals surface area contributed by atoms with Crippen LogP contribution in [0.25, 0.3) is 6.08 Å². The van der Waals surface area contributed by atoms with E-state index in [1.165, 1.54) is 18.2 Å². The second kappa shape index (κ2) is 5.90. The van der Waals surface area contributed by atoms with E-state index in [4.69, 9.17) is 0 Å². The molecule has 0 aromatic heterocycles. The normalized spacial score (nSPS) is 8.08. The van der Waals surface area contributed by atoms with Gasteiger partial charge in [-0.25, -0.2) is 4.39 Å². The third-order valence-corrected chi connectivity index (χ3v) is 1.17. The van der Waals surface area contributed by atoms with Crippen molar-refractivity contribution in [1.29, 1.82) is 0 Å². The maximum atomic E-state index is 12.6. The van der Waals surface area contributed by atoms with Gasteiger partial charge in [-0.2, -0.15) is 8.78 Å². The molecule has 13 heavy (non-hydrogen) atoms. The van der Waals surface area contributed by atoms with Crippen molar-refractivity contribution >= 4 is 6.08 Å². The fraction of sp³-hybridized carbons (Fsp3) is 0. The monoisotopic (exact) mass is 184 g/mol. The Morgan fingerprint density at radius 3 is 2.15 bits per heavy atom. The summed E-state index contributed by atoms with van der Waals surface area (Å²) < 4.78 is 35.8. The Bertz CT molecular complexity index is 309. The topological polar surface area (TPSA) is 0 Å². The van der Waals surface area contributed by atoms with E-state index in [1.807, 2.05) is 0 Å². The van der Waals surface area contributed by atoms with Gasteiger partial charge in [-0.15, -0.1) is 12.8 Å². The molecule has 0 radical (unpaired) electrons. The van der Waals surface area contributed by atoms with Gasteiger partial charge in [-0.05, 0) is 6.07 Å². The molecule has 0 saturated carbocycles. The summed E-state index contributed by atoms with van der Waals surface area (Å²) in [6.07, 6.45) is 6.60. The smallest absolute Gasteiger partial charge is 0.206 e. The highest BCUT2D eigenvalue weighted by atomic mass is 19.3. The minimum absolute atomic E-state index is 0.0903. The number of benzene rings is 1. The molecule has 0 aliphatic rings. The molecule has 0 saturated heterocycles. The van der Waals surface area contributed by atoms with Gasteiger partial charge >= 0.3 is 0 Å². The molecule has 0 heterocycles. The van der Waals surface area contributed by atoms with Gasteiger partial charge < -0.3 is 0 Å². The molecule has 0 amide bonds. The van der Waals surface area contributed by atoms with Gasteiger partial charge in [0.1, 0.15) is 5.82 Å². The number of rotatable bonds is 1. The van der Waals surface area contributed by atoms with Gasteiger partial charge in [-0.3, -0.25) is 0 Å². The first-order chi connectivity index (χ1) is 6.20. The second-order valence-corrected chi connectivity index (χ2v) is 1.96. The number of halogens is 3. The van der Waals surface area contributed by atoms with Crippen molar-refractivity contribution in [2.45, 2.75) is 0 Å². The molecular weight excluding hydrogens is 177 g/mol. The summed E-state index contributed by atoms with van der Waals surface area (Å²) in [5.41, 5.74) is -0.0903. The van der Waals surface area contributed by atoms with Crippen LogP contribution < -0.4 is 0 Å². The van der Waals surface area contributed by atoms with E-state index in [-0.39, 0.29) is 5.56 Å². The summed E-state index contributed by atoms with van der Waals surface area (Å²) >= 11 is 0. The zero-order valence-corrected chi connectivity index (χ0v) is 6.68. The molecule has 0 fully saturated rings. The van der Waals surface area contributed by atoms with Crippen molar-refractivity contribution in [3.05, 3.63) is 41.7 Å². The maximum Gasteiger partial charge on any atom is 0.271 e. The Labute approximate surface area is 74.7 Å². The quantitative estimate of drug-likeness (QED) is 0.587. The van der Waals surface area contributed by atoms with Gasteiger partial charge in [0, 0.05) is 11.6 Å². The number of hydrogen-bond acceptors (Lipinski definition) is 0. The van der Waals surface area contributed by atoms with E-state index in [9.17, 15) is 13.2 Å². The van der Waals surface area contributed by atoms with Gasteiger partial charge in [-0.1, -0.05) is 18.2 Å². The average Bonchev–Trinajstić information content (AvgIpc) is 2.12. The summed E-state index contributed by atoms with van der Waals surface area (Å²) in [5.74, 6) is -0.639. The van der Waals surface area contributed by atoms with Crippen LogP contribution in [-0.4, -0.2) is 0 Å². The van der Waals surface area contributed by atoms with Crippen molar-refractivity contribution in [3.63, 3.8) is 0 Å². The molecule has 0 unspecified atom stereocenters. The summed E-state index contributed by atoms with van der Waals surface area (Å²) in [5, 5.41) is 0. The highest BCUT2D eigenvalue weighted by Gasteiger charge is 1.97. The van der Waals surface area contributed by atoms with E-state index in [1.54, 1.807) is 0 Å². The van der Waals surface area contributed by atoms with Crippen LogP contribution in [0.15, 0.2) is 30.3 Å². The second-order valence-electron chi connectivity index (χ2n) is 1.96. The van der Waals surface area contributed by atoms with Crippen molar-refractivity contribution in [1.82, 2.24) is 0 Å². The van der Waals surface area contributed by atoms with Crippen LogP contribution in [0.2, 0.25) is 0 Å². The summed E-state index contributed by atoms with van der Waals surface area (Å²) in [6, 6.07) is 5.37. The fourth-order valence-corrected chi connectivity index (χ4v) is 0.710. The van der Waals surface area contributed by atoms with E-state index >= 15 is 0 Å². The van der Waals surface area contributed by atoms with E-state index in [0.29, 0.717) is 6.08 Å². The average molecular weight is 184 g/mol. The predicted molar refractivity (Wildman–Crippen MR) is 46.5 cm³/mol. The van der Waals surface area contributed by atoms with Crippen LogP contribution in [0.5, 0.6) is 0 Å². The van der Waals surface area contributed by atoms with E-state index < -0.39 is 11.9 Å². The Balaban J connectivity index is 0.000000671. The lowest BCUT2D eigenvalue weighted by atomic mass is 10.2.